The number of ether oxygens (including phenoxy) is 1. The second kappa shape index (κ2) is 10.4. The smallest absolute Gasteiger partial charge is 0.262 e. The number of hydrogen-bond donors (Lipinski definition) is 0. The maximum Gasteiger partial charge on any atom is 0.262 e. The Bertz CT molecular complexity index is 1250. The van der Waals surface area contributed by atoms with Gasteiger partial charge < -0.3 is 4.74 Å². The molecule has 0 N–H and O–H groups in total. The average molecular weight is 470 g/mol. The molecule has 4 rings (SSSR count). The van der Waals surface area contributed by atoms with Gasteiger partial charge in [-0.05, 0) is 56.7 Å². The molecule has 32 heavy (non-hydrogen) atoms. The normalized spacial score (nSPS) is 11.5. The fourth-order valence-corrected chi connectivity index (χ4v) is 5.08. The molecule has 0 radical (unpaired) electrons. The van der Waals surface area contributed by atoms with Gasteiger partial charge in [-0.3, -0.25) is 9.36 Å². The molecular formula is C24H24FN3O2S2. The van der Waals surface area contributed by atoms with Crippen molar-refractivity contribution in [3.05, 3.63) is 75.8 Å². The third-order valence-electron chi connectivity index (χ3n) is 4.80. The van der Waals surface area contributed by atoms with Crippen LogP contribution in [-0.2, 0) is 17.0 Å². The van der Waals surface area contributed by atoms with Crippen molar-refractivity contribution in [3.8, 4) is 10.6 Å². The van der Waals surface area contributed by atoms with Crippen LogP contribution in [0.2, 0.25) is 0 Å². The molecule has 5 nitrogen and oxygen atoms in total. The van der Waals surface area contributed by atoms with Crippen molar-refractivity contribution >= 4 is 34.0 Å². The van der Waals surface area contributed by atoms with E-state index in [1.165, 1.54) is 35.2 Å². The summed E-state index contributed by atoms with van der Waals surface area (Å²) >= 11 is 3.02. The van der Waals surface area contributed by atoms with Crippen LogP contribution < -0.4 is 5.56 Å². The Hall–Kier alpha value is -2.55. The van der Waals surface area contributed by atoms with Crippen LogP contribution in [0.25, 0.3) is 21.5 Å². The van der Waals surface area contributed by atoms with Gasteiger partial charge >= 0.3 is 0 Å². The van der Waals surface area contributed by atoms with Crippen LogP contribution in [0.3, 0.4) is 0 Å². The molecule has 0 bridgehead atoms. The molecule has 2 heterocycles. The zero-order valence-corrected chi connectivity index (χ0v) is 19.6. The summed E-state index contributed by atoms with van der Waals surface area (Å²) in [5.41, 5.74) is 2.45. The van der Waals surface area contributed by atoms with Gasteiger partial charge in [0.05, 0.1) is 22.7 Å². The highest BCUT2D eigenvalue weighted by molar-refractivity contribution is 7.98. The molecule has 0 aliphatic heterocycles. The summed E-state index contributed by atoms with van der Waals surface area (Å²) < 4.78 is 20.6. The maximum atomic E-state index is 13.2. The SMILES string of the molecule is CC(C)OCCCn1c(SCc2csc(-c3ccc(F)cc3)n2)nc2ccccc2c1=O. The summed E-state index contributed by atoms with van der Waals surface area (Å²) in [5, 5.41) is 4.13. The highest BCUT2D eigenvalue weighted by Crippen LogP contribution is 2.28. The van der Waals surface area contributed by atoms with Crippen molar-refractivity contribution in [1.82, 2.24) is 14.5 Å². The molecule has 0 unspecified atom stereocenters. The Morgan fingerprint density at radius 2 is 1.91 bits per heavy atom. The van der Waals surface area contributed by atoms with E-state index in [9.17, 15) is 9.18 Å². The topological polar surface area (TPSA) is 57.0 Å². The number of nitrogens with zero attached hydrogens (tertiary/aromatic N) is 3. The van der Waals surface area contributed by atoms with Gasteiger partial charge in [-0.15, -0.1) is 11.3 Å². The third kappa shape index (κ3) is 5.43. The van der Waals surface area contributed by atoms with E-state index in [1.54, 1.807) is 16.7 Å². The molecule has 0 aliphatic carbocycles. The molecule has 2 aromatic heterocycles. The van der Waals surface area contributed by atoms with E-state index in [0.717, 1.165) is 22.7 Å². The average Bonchev–Trinajstić information content (AvgIpc) is 3.26. The molecule has 0 saturated heterocycles. The molecule has 166 valence electrons. The fourth-order valence-electron chi connectivity index (χ4n) is 3.23. The number of thiazole rings is 1. The van der Waals surface area contributed by atoms with Crippen molar-refractivity contribution in [2.75, 3.05) is 6.61 Å². The Balaban J connectivity index is 1.54. The van der Waals surface area contributed by atoms with Crippen LogP contribution in [0, 0.1) is 5.82 Å². The summed E-state index contributed by atoms with van der Waals surface area (Å²) in [7, 11) is 0. The van der Waals surface area contributed by atoms with Gasteiger partial charge in [-0.25, -0.2) is 14.4 Å². The lowest BCUT2D eigenvalue weighted by molar-refractivity contribution is 0.0743. The second-order valence-corrected chi connectivity index (χ2v) is 9.38. The molecule has 0 aliphatic rings. The van der Waals surface area contributed by atoms with E-state index in [0.29, 0.717) is 35.0 Å². The zero-order valence-electron chi connectivity index (χ0n) is 18.0. The minimum Gasteiger partial charge on any atom is -0.379 e. The van der Waals surface area contributed by atoms with E-state index in [2.05, 4.69) is 4.98 Å². The molecular weight excluding hydrogens is 445 g/mol. The lowest BCUT2D eigenvalue weighted by Gasteiger charge is -2.13. The summed E-state index contributed by atoms with van der Waals surface area (Å²) in [5.74, 6) is 0.325. The van der Waals surface area contributed by atoms with E-state index < -0.39 is 0 Å². The maximum absolute atomic E-state index is 13.2. The van der Waals surface area contributed by atoms with Crippen LogP contribution >= 0.6 is 23.1 Å². The van der Waals surface area contributed by atoms with Gasteiger partial charge in [0.25, 0.3) is 5.56 Å². The first kappa shape index (κ1) is 22.6. The first-order valence-electron chi connectivity index (χ1n) is 10.5. The summed E-state index contributed by atoms with van der Waals surface area (Å²) in [6, 6.07) is 13.8. The molecule has 0 spiro atoms. The lowest BCUT2D eigenvalue weighted by atomic mass is 10.2. The van der Waals surface area contributed by atoms with E-state index in [1.807, 2.05) is 43.5 Å². The number of benzene rings is 2. The Kier molecular flexibility index (Phi) is 7.34. The van der Waals surface area contributed by atoms with Gasteiger partial charge in [0.1, 0.15) is 10.8 Å². The van der Waals surface area contributed by atoms with Crippen LogP contribution in [0.4, 0.5) is 4.39 Å². The highest BCUT2D eigenvalue weighted by atomic mass is 32.2. The Morgan fingerprint density at radius 3 is 2.69 bits per heavy atom. The molecule has 0 atom stereocenters. The number of thioether (sulfide) groups is 1. The van der Waals surface area contributed by atoms with Crippen LogP contribution in [0.15, 0.2) is 63.9 Å². The standard InChI is InChI=1S/C24H24FN3O2S2/c1-16(2)30-13-5-12-28-23(29)20-6-3-4-7-21(20)27-24(28)32-15-19-14-31-22(26-19)17-8-10-18(25)11-9-17/h3-4,6-11,14,16H,5,12-13,15H2,1-2H3. The fraction of sp³-hybridized carbons (Fsp3) is 0.292. The number of fused-ring (bicyclic) bond motifs is 1. The van der Waals surface area contributed by atoms with Crippen LogP contribution in [-0.4, -0.2) is 27.2 Å². The molecule has 8 heteroatoms. The summed E-state index contributed by atoms with van der Waals surface area (Å²) in [4.78, 5) is 22.6. The van der Waals surface area contributed by atoms with Crippen molar-refractivity contribution in [1.29, 1.82) is 0 Å². The number of hydrogen-bond acceptors (Lipinski definition) is 6. The predicted octanol–water partition coefficient (Wildman–Crippen LogP) is 5.77. The Labute approximate surface area is 194 Å². The molecule has 0 saturated carbocycles. The van der Waals surface area contributed by atoms with Crippen molar-refractivity contribution in [2.45, 2.75) is 43.8 Å². The monoisotopic (exact) mass is 469 g/mol. The van der Waals surface area contributed by atoms with Crippen LogP contribution in [0.5, 0.6) is 0 Å². The van der Waals surface area contributed by atoms with Gasteiger partial charge in [0, 0.05) is 29.8 Å². The minimum atomic E-state index is -0.264. The van der Waals surface area contributed by atoms with Gasteiger partial charge in [0.2, 0.25) is 0 Å². The molecule has 2 aromatic carbocycles. The number of halogens is 1. The van der Waals surface area contributed by atoms with E-state index in [-0.39, 0.29) is 17.5 Å². The first-order chi connectivity index (χ1) is 15.5. The predicted molar refractivity (Wildman–Crippen MR) is 129 cm³/mol. The van der Waals surface area contributed by atoms with E-state index >= 15 is 0 Å². The largest absolute Gasteiger partial charge is 0.379 e. The van der Waals surface area contributed by atoms with Crippen molar-refractivity contribution in [3.63, 3.8) is 0 Å². The van der Waals surface area contributed by atoms with Gasteiger partial charge in [-0.1, -0.05) is 23.9 Å². The Morgan fingerprint density at radius 1 is 1.12 bits per heavy atom. The second-order valence-electron chi connectivity index (χ2n) is 7.58. The molecule has 0 amide bonds. The number of aromatic nitrogens is 3. The minimum absolute atomic E-state index is 0.0343. The van der Waals surface area contributed by atoms with E-state index in [4.69, 9.17) is 9.72 Å². The number of rotatable bonds is 9. The van der Waals surface area contributed by atoms with Gasteiger partial charge in [-0.2, -0.15) is 0 Å². The number of para-hydroxylation sites is 1. The third-order valence-corrected chi connectivity index (χ3v) is 6.75. The van der Waals surface area contributed by atoms with Gasteiger partial charge in [0.15, 0.2) is 5.16 Å². The zero-order chi connectivity index (χ0) is 22.5. The highest BCUT2D eigenvalue weighted by Gasteiger charge is 2.13. The lowest BCUT2D eigenvalue weighted by Crippen LogP contribution is -2.24. The van der Waals surface area contributed by atoms with Crippen LogP contribution in [0.1, 0.15) is 26.0 Å². The first-order valence-corrected chi connectivity index (χ1v) is 12.3. The summed E-state index contributed by atoms with van der Waals surface area (Å²) in [6.45, 7) is 5.13. The summed E-state index contributed by atoms with van der Waals surface area (Å²) in [6.07, 6.45) is 0.895. The van der Waals surface area contributed by atoms with Crippen molar-refractivity contribution in [2.24, 2.45) is 0 Å². The molecule has 4 aromatic rings. The molecule has 0 fully saturated rings. The quantitative estimate of drug-likeness (QED) is 0.177. The van der Waals surface area contributed by atoms with Crippen molar-refractivity contribution < 1.29 is 9.13 Å².